The fraction of sp³-hybridized carbons (Fsp3) is 0.435. The van der Waals surface area contributed by atoms with Crippen molar-refractivity contribution in [3.05, 3.63) is 59.0 Å². The zero-order chi connectivity index (χ0) is 21.5. The third-order valence-corrected chi connectivity index (χ3v) is 5.57. The number of nitrogens with zero attached hydrogens (tertiary/aromatic N) is 4. The fourth-order valence-corrected chi connectivity index (χ4v) is 4.10. The van der Waals surface area contributed by atoms with E-state index in [0.29, 0.717) is 22.8 Å². The molecule has 3 heterocycles. The number of aryl methyl sites for hydroxylation is 1. The molecule has 0 bridgehead atoms. The predicted molar refractivity (Wildman–Crippen MR) is 113 cm³/mol. The quantitative estimate of drug-likeness (QED) is 0.691. The molecule has 30 heavy (non-hydrogen) atoms. The molecule has 0 unspecified atom stereocenters. The smallest absolute Gasteiger partial charge is 0.257 e. The summed E-state index contributed by atoms with van der Waals surface area (Å²) in [6.45, 7) is 10.2. The number of carbonyl (C=O) groups is 1. The van der Waals surface area contributed by atoms with Crippen molar-refractivity contribution in [3.8, 4) is 11.4 Å². The molecule has 0 aliphatic heterocycles. The van der Waals surface area contributed by atoms with E-state index in [4.69, 9.17) is 9.51 Å². The molecule has 0 saturated heterocycles. The van der Waals surface area contributed by atoms with Crippen LogP contribution >= 0.6 is 0 Å². The summed E-state index contributed by atoms with van der Waals surface area (Å²) in [5.74, 6) is 1.13. The topological polar surface area (TPSA) is 93.8 Å². The molecule has 3 aromatic heterocycles. The molecule has 1 aliphatic carbocycles. The van der Waals surface area contributed by atoms with Crippen LogP contribution in [-0.2, 0) is 6.42 Å². The molecule has 1 amide bonds. The van der Waals surface area contributed by atoms with E-state index >= 15 is 0 Å². The number of amides is 1. The van der Waals surface area contributed by atoms with Crippen molar-refractivity contribution < 1.29 is 9.32 Å². The molecular formula is C23H27N5O2. The van der Waals surface area contributed by atoms with E-state index in [1.54, 1.807) is 19.3 Å². The molecule has 7 nitrogen and oxygen atoms in total. The Kier molecular flexibility index (Phi) is 5.13. The van der Waals surface area contributed by atoms with Gasteiger partial charge >= 0.3 is 0 Å². The molecule has 156 valence electrons. The van der Waals surface area contributed by atoms with Gasteiger partial charge in [0.25, 0.3) is 5.91 Å². The van der Waals surface area contributed by atoms with Gasteiger partial charge in [0, 0.05) is 29.7 Å². The Morgan fingerprint density at radius 1 is 1.30 bits per heavy atom. The first-order valence-electron chi connectivity index (χ1n) is 10.3. The number of hydrogen-bond acceptors (Lipinski definition) is 6. The second-order valence-corrected chi connectivity index (χ2v) is 9.06. The molecule has 0 saturated carbocycles. The second-order valence-electron chi connectivity index (χ2n) is 9.06. The van der Waals surface area contributed by atoms with Crippen LogP contribution in [-0.4, -0.2) is 26.0 Å². The lowest BCUT2D eigenvalue weighted by molar-refractivity contribution is 0.0916. The van der Waals surface area contributed by atoms with Gasteiger partial charge in [0.1, 0.15) is 11.3 Å². The minimum atomic E-state index is -0.173. The zero-order valence-corrected chi connectivity index (χ0v) is 18.1. The first kappa shape index (κ1) is 20.2. The van der Waals surface area contributed by atoms with Crippen LogP contribution in [0.1, 0.15) is 79.1 Å². The number of carbonyl (C=O) groups excluding carboxylic acids is 1. The van der Waals surface area contributed by atoms with Crippen molar-refractivity contribution in [2.45, 2.75) is 59.4 Å². The van der Waals surface area contributed by atoms with Crippen LogP contribution in [0, 0.1) is 12.3 Å². The molecule has 0 fully saturated rings. The summed E-state index contributed by atoms with van der Waals surface area (Å²) in [5.41, 5.74) is 4.03. The molecule has 3 aromatic rings. The van der Waals surface area contributed by atoms with Gasteiger partial charge in [-0.05, 0) is 43.2 Å². The van der Waals surface area contributed by atoms with E-state index in [2.05, 4.69) is 34.3 Å². The lowest BCUT2D eigenvalue weighted by Gasteiger charge is -2.36. The van der Waals surface area contributed by atoms with E-state index < -0.39 is 0 Å². The second kappa shape index (κ2) is 7.63. The maximum atomic E-state index is 13.2. The Morgan fingerprint density at radius 3 is 2.80 bits per heavy atom. The van der Waals surface area contributed by atoms with E-state index in [-0.39, 0.29) is 23.3 Å². The summed E-state index contributed by atoms with van der Waals surface area (Å²) in [4.78, 5) is 26.7. The van der Waals surface area contributed by atoms with Gasteiger partial charge in [-0.25, -0.2) is 9.97 Å². The van der Waals surface area contributed by atoms with Gasteiger partial charge in [-0.2, -0.15) is 0 Å². The normalized spacial score (nSPS) is 17.6. The Morgan fingerprint density at radius 2 is 2.10 bits per heavy atom. The maximum Gasteiger partial charge on any atom is 0.257 e. The van der Waals surface area contributed by atoms with Gasteiger partial charge in [0.05, 0.1) is 17.4 Å². The van der Waals surface area contributed by atoms with Crippen molar-refractivity contribution >= 4 is 5.91 Å². The number of hydrogen-bond donors (Lipinski definition) is 1. The minimum absolute atomic E-state index is 0.00389. The molecule has 7 heteroatoms. The highest BCUT2D eigenvalue weighted by Crippen LogP contribution is 2.40. The molecule has 0 radical (unpaired) electrons. The van der Waals surface area contributed by atoms with E-state index in [9.17, 15) is 4.79 Å². The van der Waals surface area contributed by atoms with Gasteiger partial charge < -0.3 is 9.84 Å². The lowest BCUT2D eigenvalue weighted by Crippen LogP contribution is -2.37. The van der Waals surface area contributed by atoms with E-state index in [1.807, 2.05) is 32.2 Å². The highest BCUT2D eigenvalue weighted by Gasteiger charge is 2.35. The van der Waals surface area contributed by atoms with Crippen LogP contribution in [0.15, 0.2) is 35.2 Å². The molecule has 1 atom stereocenters. The summed E-state index contributed by atoms with van der Waals surface area (Å²) in [5, 5.41) is 7.28. The third-order valence-electron chi connectivity index (χ3n) is 5.57. The highest BCUT2D eigenvalue weighted by molar-refractivity contribution is 5.96. The minimum Gasteiger partial charge on any atom is -0.361 e. The number of pyridine rings is 1. The van der Waals surface area contributed by atoms with Gasteiger partial charge in [0.2, 0.25) is 0 Å². The van der Waals surface area contributed by atoms with Crippen LogP contribution in [0.5, 0.6) is 0 Å². The SMILES string of the molecule is Cc1onc(C(C)C)c1C(=O)N[C@H]1CC(C)(C)Cc2nc(-c3cccnc3)ncc21. The van der Waals surface area contributed by atoms with Crippen molar-refractivity contribution in [2.24, 2.45) is 5.41 Å². The Labute approximate surface area is 176 Å². The van der Waals surface area contributed by atoms with E-state index in [1.165, 1.54) is 0 Å². The van der Waals surface area contributed by atoms with Crippen LogP contribution in [0.4, 0.5) is 0 Å². The average Bonchev–Trinajstić information content (AvgIpc) is 3.09. The summed E-state index contributed by atoms with van der Waals surface area (Å²) < 4.78 is 5.30. The maximum absolute atomic E-state index is 13.2. The zero-order valence-electron chi connectivity index (χ0n) is 18.1. The monoisotopic (exact) mass is 405 g/mol. The van der Waals surface area contributed by atoms with Crippen molar-refractivity contribution in [2.75, 3.05) is 0 Å². The van der Waals surface area contributed by atoms with Crippen LogP contribution in [0.3, 0.4) is 0 Å². The lowest BCUT2D eigenvalue weighted by atomic mass is 9.74. The molecule has 4 rings (SSSR count). The number of rotatable bonds is 4. The largest absolute Gasteiger partial charge is 0.361 e. The summed E-state index contributed by atoms with van der Waals surface area (Å²) >= 11 is 0. The average molecular weight is 406 g/mol. The number of aromatic nitrogens is 4. The van der Waals surface area contributed by atoms with Gasteiger partial charge in [-0.1, -0.05) is 32.9 Å². The Balaban J connectivity index is 1.67. The predicted octanol–water partition coefficient (Wildman–Crippen LogP) is 4.40. The van der Waals surface area contributed by atoms with E-state index in [0.717, 1.165) is 29.7 Å². The van der Waals surface area contributed by atoms with Gasteiger partial charge in [0.15, 0.2) is 5.82 Å². The van der Waals surface area contributed by atoms with Crippen molar-refractivity contribution in [1.82, 2.24) is 25.4 Å². The summed E-state index contributed by atoms with van der Waals surface area (Å²) in [6.07, 6.45) is 6.97. The summed E-state index contributed by atoms with van der Waals surface area (Å²) in [6, 6.07) is 3.65. The fourth-order valence-electron chi connectivity index (χ4n) is 4.10. The van der Waals surface area contributed by atoms with Crippen molar-refractivity contribution in [1.29, 1.82) is 0 Å². The summed E-state index contributed by atoms with van der Waals surface area (Å²) in [7, 11) is 0. The van der Waals surface area contributed by atoms with Crippen LogP contribution in [0.2, 0.25) is 0 Å². The molecule has 1 N–H and O–H groups in total. The van der Waals surface area contributed by atoms with Crippen LogP contribution < -0.4 is 5.32 Å². The molecule has 1 aliphatic rings. The highest BCUT2D eigenvalue weighted by atomic mass is 16.5. The first-order valence-corrected chi connectivity index (χ1v) is 10.3. The Hall–Kier alpha value is -3.09. The van der Waals surface area contributed by atoms with Crippen molar-refractivity contribution in [3.63, 3.8) is 0 Å². The van der Waals surface area contributed by atoms with Crippen LogP contribution in [0.25, 0.3) is 11.4 Å². The Bertz CT molecular complexity index is 1070. The van der Waals surface area contributed by atoms with Gasteiger partial charge in [-0.3, -0.25) is 9.78 Å². The number of nitrogens with one attached hydrogen (secondary N) is 1. The molecule has 0 spiro atoms. The standard InChI is InChI=1S/C23H27N5O2/c1-13(2)20-19(14(3)30-28-20)22(29)27-18-10-23(4,5)9-17-16(18)12-25-21(26-17)15-7-6-8-24-11-15/h6-8,11-13,18H,9-10H2,1-5H3,(H,27,29)/t18-/m0/s1. The van der Waals surface area contributed by atoms with Gasteiger partial charge in [-0.15, -0.1) is 0 Å². The first-order chi connectivity index (χ1) is 14.2. The molecule has 0 aromatic carbocycles. The molecular weight excluding hydrogens is 378 g/mol. The number of fused-ring (bicyclic) bond motifs is 1. The third kappa shape index (κ3) is 3.84.